The van der Waals surface area contributed by atoms with Crippen LogP contribution >= 0.6 is 22.9 Å². The van der Waals surface area contributed by atoms with Crippen molar-refractivity contribution in [2.24, 2.45) is 4.99 Å². The van der Waals surface area contributed by atoms with Crippen LogP contribution in [-0.2, 0) is 11.2 Å². The Morgan fingerprint density at radius 2 is 2.00 bits per heavy atom. The van der Waals surface area contributed by atoms with E-state index in [4.69, 9.17) is 16.6 Å². The number of aromatic amines is 1. The molecule has 1 aliphatic heterocycles. The zero-order valence-corrected chi connectivity index (χ0v) is 20.7. The second-order valence-corrected chi connectivity index (χ2v) is 9.88. The van der Waals surface area contributed by atoms with Crippen LogP contribution in [0.25, 0.3) is 5.00 Å². The third-order valence-electron chi connectivity index (χ3n) is 5.97. The summed E-state index contributed by atoms with van der Waals surface area (Å²) in [6.07, 6.45) is 4.27. The number of benzene rings is 1. The van der Waals surface area contributed by atoms with Crippen molar-refractivity contribution < 1.29 is 4.79 Å². The number of H-pyrrole nitrogens is 1. The van der Waals surface area contributed by atoms with Crippen molar-refractivity contribution in [1.29, 1.82) is 0 Å². The number of halogens is 1. The van der Waals surface area contributed by atoms with Gasteiger partial charge in [0.15, 0.2) is 5.82 Å². The lowest BCUT2D eigenvalue weighted by Gasteiger charge is -2.13. The standard InChI is InChI=1S/C24H24ClN7OS/c1-13-14(2)34-24-21(13)22(16-4-6-17(25)7-5-16)29-18(23-31-30-15(3)32(23)24)12-20(33)28-9-8-19-26-10-11-27-19/h4-7,10-11,18H,8-9,12H2,1-3H3,(H,26,27)(H,28,33). The molecule has 174 valence electrons. The fourth-order valence-corrected chi connectivity index (χ4v) is 5.48. The van der Waals surface area contributed by atoms with Gasteiger partial charge in [0.1, 0.15) is 22.7 Å². The van der Waals surface area contributed by atoms with Gasteiger partial charge in [0.2, 0.25) is 5.91 Å². The highest BCUT2D eigenvalue weighted by Gasteiger charge is 2.32. The van der Waals surface area contributed by atoms with Gasteiger partial charge in [-0.25, -0.2) is 4.98 Å². The van der Waals surface area contributed by atoms with E-state index < -0.39 is 6.04 Å². The molecule has 3 aromatic heterocycles. The van der Waals surface area contributed by atoms with Crippen LogP contribution in [-0.4, -0.2) is 42.9 Å². The number of aromatic nitrogens is 5. The Balaban J connectivity index is 1.52. The smallest absolute Gasteiger partial charge is 0.222 e. The number of hydrogen-bond acceptors (Lipinski definition) is 6. The van der Waals surface area contributed by atoms with Crippen molar-refractivity contribution in [2.75, 3.05) is 6.54 Å². The fraction of sp³-hybridized carbons (Fsp3) is 0.292. The van der Waals surface area contributed by atoms with Crippen LogP contribution in [0.4, 0.5) is 0 Å². The molecular formula is C24H24ClN7OS. The summed E-state index contributed by atoms with van der Waals surface area (Å²) in [6, 6.07) is 7.18. The molecule has 1 amide bonds. The maximum absolute atomic E-state index is 12.9. The number of imidazole rings is 1. The number of fused-ring (bicyclic) bond motifs is 3. The molecule has 5 rings (SSSR count). The van der Waals surface area contributed by atoms with Crippen molar-refractivity contribution >= 4 is 34.6 Å². The largest absolute Gasteiger partial charge is 0.356 e. The Hall–Kier alpha value is -3.30. The molecule has 34 heavy (non-hydrogen) atoms. The molecule has 0 spiro atoms. The van der Waals surface area contributed by atoms with E-state index in [1.165, 1.54) is 4.88 Å². The molecule has 8 nitrogen and oxygen atoms in total. The van der Waals surface area contributed by atoms with Crippen LogP contribution < -0.4 is 5.32 Å². The van der Waals surface area contributed by atoms with E-state index in [9.17, 15) is 4.79 Å². The zero-order chi connectivity index (χ0) is 23.8. The van der Waals surface area contributed by atoms with Gasteiger partial charge < -0.3 is 10.3 Å². The van der Waals surface area contributed by atoms with Gasteiger partial charge in [0.25, 0.3) is 0 Å². The van der Waals surface area contributed by atoms with Gasteiger partial charge in [-0.05, 0) is 38.5 Å². The van der Waals surface area contributed by atoms with Crippen LogP contribution in [0.3, 0.4) is 0 Å². The quantitative estimate of drug-likeness (QED) is 0.418. The van der Waals surface area contributed by atoms with Crippen LogP contribution in [0.1, 0.15) is 51.5 Å². The topological polar surface area (TPSA) is 101 Å². The van der Waals surface area contributed by atoms with Gasteiger partial charge in [0.05, 0.1) is 12.1 Å². The normalized spacial score (nSPS) is 14.8. The summed E-state index contributed by atoms with van der Waals surface area (Å²) in [6.45, 7) is 6.64. The monoisotopic (exact) mass is 493 g/mol. The molecule has 0 radical (unpaired) electrons. The van der Waals surface area contributed by atoms with Crippen LogP contribution in [0, 0.1) is 20.8 Å². The summed E-state index contributed by atoms with van der Waals surface area (Å²) in [4.78, 5) is 26.5. The number of nitrogens with one attached hydrogen (secondary N) is 2. The molecular weight excluding hydrogens is 470 g/mol. The first-order valence-electron chi connectivity index (χ1n) is 11.0. The summed E-state index contributed by atoms with van der Waals surface area (Å²) in [7, 11) is 0. The molecule has 0 bridgehead atoms. The number of carbonyl (C=O) groups excluding carboxylic acids is 1. The highest BCUT2D eigenvalue weighted by Crippen LogP contribution is 2.39. The molecule has 0 aliphatic carbocycles. The number of carbonyl (C=O) groups is 1. The highest BCUT2D eigenvalue weighted by molar-refractivity contribution is 7.15. The maximum atomic E-state index is 12.9. The maximum Gasteiger partial charge on any atom is 0.222 e. The van der Waals surface area contributed by atoms with E-state index in [2.05, 4.69) is 39.3 Å². The second kappa shape index (κ2) is 9.15. The number of thiophene rings is 1. The molecule has 4 heterocycles. The molecule has 1 aromatic carbocycles. The summed E-state index contributed by atoms with van der Waals surface area (Å²) in [5, 5.41) is 13.5. The number of hydrogen-bond donors (Lipinski definition) is 2. The van der Waals surface area contributed by atoms with E-state index in [1.54, 1.807) is 23.7 Å². The van der Waals surface area contributed by atoms with E-state index in [0.29, 0.717) is 23.8 Å². The lowest BCUT2D eigenvalue weighted by atomic mass is 9.99. The van der Waals surface area contributed by atoms with Crippen molar-refractivity contribution in [2.45, 2.75) is 39.7 Å². The molecule has 4 aromatic rings. The Kier molecular flexibility index (Phi) is 6.05. The van der Waals surface area contributed by atoms with E-state index in [0.717, 1.165) is 39.1 Å². The predicted molar refractivity (Wildman–Crippen MR) is 133 cm³/mol. The Bertz CT molecular complexity index is 1370. The number of amides is 1. The summed E-state index contributed by atoms with van der Waals surface area (Å²) in [5.74, 6) is 2.18. The molecule has 2 N–H and O–H groups in total. The van der Waals surface area contributed by atoms with Crippen LogP contribution in [0.5, 0.6) is 0 Å². The fourth-order valence-electron chi connectivity index (χ4n) is 4.14. The van der Waals surface area contributed by atoms with Gasteiger partial charge in [-0.2, -0.15) is 0 Å². The molecule has 10 heteroatoms. The first kappa shape index (κ1) is 22.5. The third-order valence-corrected chi connectivity index (χ3v) is 7.42. The number of aryl methyl sites for hydroxylation is 2. The van der Waals surface area contributed by atoms with E-state index in [-0.39, 0.29) is 12.3 Å². The van der Waals surface area contributed by atoms with Crippen molar-refractivity contribution in [3.63, 3.8) is 0 Å². The highest BCUT2D eigenvalue weighted by atomic mass is 35.5. The van der Waals surface area contributed by atoms with Gasteiger partial charge in [0, 0.05) is 46.4 Å². The lowest BCUT2D eigenvalue weighted by Crippen LogP contribution is -2.27. The minimum Gasteiger partial charge on any atom is -0.356 e. The average Bonchev–Trinajstić information content (AvgIpc) is 3.51. The summed E-state index contributed by atoms with van der Waals surface area (Å²) < 4.78 is 2.05. The molecule has 0 saturated carbocycles. The predicted octanol–water partition coefficient (Wildman–Crippen LogP) is 4.27. The second-order valence-electron chi connectivity index (χ2n) is 8.24. The van der Waals surface area contributed by atoms with Crippen molar-refractivity contribution in [1.82, 2.24) is 30.0 Å². The van der Waals surface area contributed by atoms with Gasteiger partial charge in [-0.15, -0.1) is 21.5 Å². The van der Waals surface area contributed by atoms with Gasteiger partial charge in [-0.3, -0.25) is 14.4 Å². The minimum absolute atomic E-state index is 0.0962. The molecule has 0 fully saturated rings. The van der Waals surface area contributed by atoms with E-state index >= 15 is 0 Å². The van der Waals surface area contributed by atoms with Gasteiger partial charge in [-0.1, -0.05) is 23.7 Å². The lowest BCUT2D eigenvalue weighted by molar-refractivity contribution is -0.121. The Morgan fingerprint density at radius 1 is 1.21 bits per heavy atom. The van der Waals surface area contributed by atoms with Crippen LogP contribution in [0.15, 0.2) is 41.7 Å². The Labute approximate surface area is 206 Å². The number of rotatable bonds is 6. The summed E-state index contributed by atoms with van der Waals surface area (Å²) in [5.41, 5.74) is 4.00. The van der Waals surface area contributed by atoms with Crippen LogP contribution in [0.2, 0.25) is 5.02 Å². The Morgan fingerprint density at radius 3 is 2.74 bits per heavy atom. The first-order valence-corrected chi connectivity index (χ1v) is 12.2. The van der Waals surface area contributed by atoms with Gasteiger partial charge >= 0.3 is 0 Å². The number of aliphatic imine (C=N–C) groups is 1. The number of nitrogens with zero attached hydrogens (tertiary/aromatic N) is 5. The van der Waals surface area contributed by atoms with E-state index in [1.807, 2.05) is 35.8 Å². The molecule has 1 unspecified atom stereocenters. The SMILES string of the molecule is Cc1sc2c(c1C)C(c1ccc(Cl)cc1)=NC(CC(=O)NCCc1ncc[nH]1)c1nnc(C)n1-2. The zero-order valence-electron chi connectivity index (χ0n) is 19.1. The first-order chi connectivity index (χ1) is 16.4. The molecule has 1 atom stereocenters. The minimum atomic E-state index is -0.477. The summed E-state index contributed by atoms with van der Waals surface area (Å²) >= 11 is 7.85. The molecule has 0 saturated heterocycles. The molecule has 1 aliphatic rings. The third kappa shape index (κ3) is 4.17. The van der Waals surface area contributed by atoms with Crippen molar-refractivity contribution in [3.8, 4) is 5.00 Å². The van der Waals surface area contributed by atoms with Crippen molar-refractivity contribution in [3.05, 3.63) is 80.7 Å². The average molecular weight is 494 g/mol.